The third kappa shape index (κ3) is 8.78. The van der Waals surface area contributed by atoms with E-state index < -0.39 is 71.6 Å². The standard InChI is InChI=1S/C8H21NO15P4/c1-5(24-4-2-3-6(10)11)9(7(25(12,13)14)26(15,16)17)8(27(18,19)20)28(21,22)23/h5,7-8H,2-4H2,1H3,(H,10,11)(H2,12,13,14)(H2,15,16,17)(H2,18,19,20)(H2,21,22,23). The number of nitrogens with zero attached hydrogens (tertiary/aromatic N) is 1. The van der Waals surface area contributed by atoms with Crippen molar-refractivity contribution in [1.29, 1.82) is 0 Å². The molecule has 0 amide bonds. The number of aliphatic carboxylic acids is 1. The van der Waals surface area contributed by atoms with Gasteiger partial charge in [0.1, 0.15) is 6.23 Å². The highest BCUT2D eigenvalue weighted by Crippen LogP contribution is 2.69. The second-order valence-electron chi connectivity index (χ2n) is 5.46. The largest absolute Gasteiger partial charge is 0.481 e. The van der Waals surface area contributed by atoms with Crippen LogP contribution in [0.5, 0.6) is 0 Å². The molecule has 20 heteroatoms. The fourth-order valence-electron chi connectivity index (χ4n) is 2.14. The van der Waals surface area contributed by atoms with E-state index in [9.17, 15) is 62.2 Å². The van der Waals surface area contributed by atoms with E-state index in [-0.39, 0.29) is 6.42 Å². The molecule has 0 aromatic rings. The normalized spacial score (nSPS) is 15.4. The number of hydrogen-bond acceptors (Lipinski definition) is 7. The summed E-state index contributed by atoms with van der Waals surface area (Å²) in [5, 5.41) is 8.51. The minimum absolute atomic E-state index is 0.236. The highest BCUT2D eigenvalue weighted by molar-refractivity contribution is 7.72. The van der Waals surface area contributed by atoms with Crippen molar-refractivity contribution in [3.63, 3.8) is 0 Å². The van der Waals surface area contributed by atoms with Gasteiger partial charge in [-0.1, -0.05) is 0 Å². The number of rotatable bonds is 12. The fourth-order valence-corrected chi connectivity index (χ4v) is 8.37. The Labute approximate surface area is 157 Å². The van der Waals surface area contributed by atoms with Crippen molar-refractivity contribution in [3.05, 3.63) is 0 Å². The highest BCUT2D eigenvalue weighted by atomic mass is 31.2. The summed E-state index contributed by atoms with van der Waals surface area (Å²) in [6.45, 7) is 0.214. The first-order valence-electron chi connectivity index (χ1n) is 7.02. The lowest BCUT2D eigenvalue weighted by Crippen LogP contribution is -2.49. The Kier molecular flexibility index (Phi) is 9.86. The van der Waals surface area contributed by atoms with Crippen LogP contribution in [0.4, 0.5) is 0 Å². The lowest BCUT2D eigenvalue weighted by atomic mass is 10.3. The molecule has 28 heavy (non-hydrogen) atoms. The molecule has 0 saturated carbocycles. The topological polar surface area (TPSA) is 280 Å². The molecule has 1 unspecified atom stereocenters. The molecule has 0 heterocycles. The Hall–Kier alpha value is -0.0100. The summed E-state index contributed by atoms with van der Waals surface area (Å²) in [6, 6.07) is 0. The Bertz CT molecular complexity index is 638. The zero-order valence-electron chi connectivity index (χ0n) is 14.1. The Morgan fingerprint density at radius 3 is 1.39 bits per heavy atom. The van der Waals surface area contributed by atoms with Crippen molar-refractivity contribution in [3.8, 4) is 0 Å². The van der Waals surface area contributed by atoms with Gasteiger partial charge in [0.2, 0.25) is 11.0 Å². The highest BCUT2D eigenvalue weighted by Gasteiger charge is 2.60. The van der Waals surface area contributed by atoms with Crippen LogP contribution in [0, 0.1) is 0 Å². The molecular weight excluding hydrogens is 474 g/mol. The lowest BCUT2D eigenvalue weighted by Gasteiger charge is -2.40. The van der Waals surface area contributed by atoms with Crippen molar-refractivity contribution in [2.24, 2.45) is 0 Å². The number of carboxylic acid groups (broad SMARTS) is 1. The molecule has 0 spiro atoms. The monoisotopic (exact) mass is 495 g/mol. The van der Waals surface area contributed by atoms with Gasteiger partial charge in [0, 0.05) is 13.0 Å². The lowest BCUT2D eigenvalue weighted by molar-refractivity contribution is -0.137. The van der Waals surface area contributed by atoms with Crippen LogP contribution in [0.3, 0.4) is 0 Å². The van der Waals surface area contributed by atoms with E-state index in [2.05, 4.69) is 0 Å². The van der Waals surface area contributed by atoms with Crippen molar-refractivity contribution in [1.82, 2.24) is 4.90 Å². The molecule has 0 fully saturated rings. The zero-order valence-corrected chi connectivity index (χ0v) is 17.6. The molecule has 0 aromatic carbocycles. The van der Waals surface area contributed by atoms with Crippen LogP contribution in [0.1, 0.15) is 19.8 Å². The van der Waals surface area contributed by atoms with E-state index in [0.29, 0.717) is 0 Å². The summed E-state index contributed by atoms with van der Waals surface area (Å²) < 4.78 is 51.4. The van der Waals surface area contributed by atoms with Gasteiger partial charge in [-0.05, 0) is 13.3 Å². The average Bonchev–Trinajstić information content (AvgIpc) is 2.35. The van der Waals surface area contributed by atoms with Crippen LogP contribution in [0.15, 0.2) is 0 Å². The van der Waals surface area contributed by atoms with E-state index in [0.717, 1.165) is 6.92 Å². The summed E-state index contributed by atoms with van der Waals surface area (Å²) in [5.41, 5.74) is -6.72. The molecule has 0 rings (SSSR count). The van der Waals surface area contributed by atoms with Crippen LogP contribution in [0.2, 0.25) is 0 Å². The van der Waals surface area contributed by atoms with E-state index >= 15 is 0 Å². The second kappa shape index (κ2) is 9.86. The zero-order chi connectivity index (χ0) is 22.7. The Balaban J connectivity index is 6.33. The quantitative estimate of drug-likeness (QED) is 0.0872. The minimum Gasteiger partial charge on any atom is -0.481 e. The molecule has 1 atom stereocenters. The number of carbonyl (C=O) groups is 1. The van der Waals surface area contributed by atoms with E-state index in [1.807, 2.05) is 0 Å². The first kappa shape index (κ1) is 28.0. The molecule has 0 bridgehead atoms. The van der Waals surface area contributed by atoms with Crippen LogP contribution in [0.25, 0.3) is 0 Å². The van der Waals surface area contributed by atoms with Gasteiger partial charge in [0.05, 0.1) is 0 Å². The van der Waals surface area contributed by atoms with Gasteiger partial charge < -0.3 is 49.0 Å². The SMILES string of the molecule is CC(OCCCC(=O)O)N(C(P(=O)(O)O)P(=O)(O)O)C(P(=O)(O)O)P(=O)(O)O. The predicted molar refractivity (Wildman–Crippen MR) is 89.9 cm³/mol. The summed E-state index contributed by atoms with van der Waals surface area (Å²) in [4.78, 5) is 84.3. The number of carboxylic acids is 1. The second-order valence-corrected chi connectivity index (χ2v) is 12.9. The first-order valence-corrected chi connectivity index (χ1v) is 13.7. The molecule has 0 aliphatic rings. The molecule has 0 saturated heterocycles. The predicted octanol–water partition coefficient (Wildman–Crippen LogP) is -1.21. The molecule has 9 N–H and O–H groups in total. The van der Waals surface area contributed by atoms with E-state index in [1.54, 1.807) is 0 Å². The third-order valence-corrected chi connectivity index (χ3v) is 10.1. The molecule has 0 aliphatic carbocycles. The summed E-state index contributed by atoms with van der Waals surface area (Å²) >= 11 is 0. The van der Waals surface area contributed by atoms with Crippen molar-refractivity contribution < 1.29 is 72.0 Å². The van der Waals surface area contributed by atoms with E-state index in [1.165, 1.54) is 0 Å². The molecule has 168 valence electrons. The first-order chi connectivity index (χ1) is 12.2. The van der Waals surface area contributed by atoms with Crippen LogP contribution >= 0.6 is 30.4 Å². The molecule has 0 aliphatic heterocycles. The maximum absolute atomic E-state index is 11.6. The van der Waals surface area contributed by atoms with Gasteiger partial charge in [-0.15, -0.1) is 0 Å². The Morgan fingerprint density at radius 1 is 0.821 bits per heavy atom. The fraction of sp³-hybridized carbons (Fsp3) is 0.875. The van der Waals surface area contributed by atoms with Gasteiger partial charge in [-0.25, -0.2) is 4.90 Å². The molecule has 0 radical (unpaired) electrons. The molecule has 16 nitrogen and oxygen atoms in total. The third-order valence-electron chi connectivity index (χ3n) is 3.05. The van der Waals surface area contributed by atoms with Crippen molar-refractivity contribution >= 4 is 36.4 Å². The van der Waals surface area contributed by atoms with Crippen LogP contribution in [-0.2, 0) is 27.8 Å². The van der Waals surface area contributed by atoms with Crippen molar-refractivity contribution in [2.45, 2.75) is 37.0 Å². The summed E-state index contributed by atoms with van der Waals surface area (Å²) in [6.07, 6.45) is -2.77. The maximum Gasteiger partial charge on any atom is 0.355 e. The van der Waals surface area contributed by atoms with Crippen molar-refractivity contribution in [2.75, 3.05) is 6.61 Å². The summed E-state index contributed by atoms with van der Waals surface area (Å²) in [5.74, 6) is -1.26. The van der Waals surface area contributed by atoms with Gasteiger partial charge in [-0.3, -0.25) is 23.1 Å². The van der Waals surface area contributed by atoms with Gasteiger partial charge in [-0.2, -0.15) is 0 Å². The smallest absolute Gasteiger partial charge is 0.355 e. The number of ether oxygens (including phenoxy) is 1. The average molecular weight is 495 g/mol. The Morgan fingerprint density at radius 2 is 1.14 bits per heavy atom. The maximum atomic E-state index is 11.6. The van der Waals surface area contributed by atoms with Gasteiger partial charge in [0.25, 0.3) is 0 Å². The summed E-state index contributed by atoms with van der Waals surface area (Å²) in [7, 11) is -23.8. The number of hydrogen-bond donors (Lipinski definition) is 9. The molecule has 0 aromatic heterocycles. The van der Waals surface area contributed by atoms with Crippen LogP contribution < -0.4 is 0 Å². The van der Waals surface area contributed by atoms with E-state index in [4.69, 9.17) is 9.84 Å². The molecular formula is C8H21NO15P4. The van der Waals surface area contributed by atoms with Crippen LogP contribution in [-0.4, -0.2) is 79.0 Å². The van der Waals surface area contributed by atoms with Gasteiger partial charge >= 0.3 is 36.4 Å². The minimum atomic E-state index is -5.95. The van der Waals surface area contributed by atoms with Gasteiger partial charge in [0.15, 0.2) is 0 Å².